The minimum absolute atomic E-state index is 0.0153. The van der Waals surface area contributed by atoms with Crippen molar-refractivity contribution in [2.24, 2.45) is 0 Å². The van der Waals surface area contributed by atoms with E-state index in [1.165, 1.54) is 12.1 Å². The molecule has 0 radical (unpaired) electrons. The Morgan fingerprint density at radius 1 is 0.950 bits per heavy atom. The van der Waals surface area contributed by atoms with Crippen LogP contribution < -0.4 is 5.32 Å². The molecule has 0 saturated carbocycles. The van der Waals surface area contributed by atoms with Crippen LogP contribution in [-0.2, 0) is 13.0 Å². The molecule has 2 rings (SSSR count). The van der Waals surface area contributed by atoms with Gasteiger partial charge in [0.2, 0.25) is 0 Å². The van der Waals surface area contributed by atoms with Crippen LogP contribution in [0.5, 0.6) is 0 Å². The number of rotatable bonds is 6. The van der Waals surface area contributed by atoms with Gasteiger partial charge >= 0.3 is 0 Å². The second-order valence-corrected chi connectivity index (χ2v) is 4.70. The SMILES string of the molecule is OCC(Cc1ccccc1)NCc1ccc(F)c(F)c1. The Bertz CT molecular complexity index is 545. The molecule has 20 heavy (non-hydrogen) atoms. The van der Waals surface area contributed by atoms with Gasteiger partial charge in [-0.25, -0.2) is 8.78 Å². The molecule has 0 spiro atoms. The predicted molar refractivity (Wildman–Crippen MR) is 74.2 cm³/mol. The fraction of sp³-hybridized carbons (Fsp3) is 0.250. The maximum Gasteiger partial charge on any atom is 0.159 e. The summed E-state index contributed by atoms with van der Waals surface area (Å²) < 4.78 is 25.9. The van der Waals surface area contributed by atoms with Gasteiger partial charge in [0.25, 0.3) is 0 Å². The van der Waals surface area contributed by atoms with E-state index in [4.69, 9.17) is 0 Å². The highest BCUT2D eigenvalue weighted by molar-refractivity contribution is 5.18. The molecule has 0 aliphatic rings. The molecule has 0 amide bonds. The first-order chi connectivity index (χ1) is 9.69. The third kappa shape index (κ3) is 4.11. The molecule has 2 aromatic carbocycles. The lowest BCUT2D eigenvalue weighted by molar-refractivity contribution is 0.240. The Labute approximate surface area is 117 Å². The van der Waals surface area contributed by atoms with Gasteiger partial charge in [0.1, 0.15) is 0 Å². The fourth-order valence-corrected chi connectivity index (χ4v) is 2.01. The van der Waals surface area contributed by atoms with Crippen molar-refractivity contribution in [2.75, 3.05) is 6.61 Å². The van der Waals surface area contributed by atoms with Crippen molar-refractivity contribution in [3.8, 4) is 0 Å². The number of aliphatic hydroxyl groups is 1. The van der Waals surface area contributed by atoms with Gasteiger partial charge in [0, 0.05) is 12.6 Å². The van der Waals surface area contributed by atoms with Gasteiger partial charge < -0.3 is 10.4 Å². The molecule has 0 aliphatic carbocycles. The number of hydrogen-bond acceptors (Lipinski definition) is 2. The topological polar surface area (TPSA) is 32.3 Å². The van der Waals surface area contributed by atoms with Gasteiger partial charge in [0.15, 0.2) is 11.6 Å². The van der Waals surface area contributed by atoms with Crippen molar-refractivity contribution < 1.29 is 13.9 Å². The maximum absolute atomic E-state index is 13.1. The summed E-state index contributed by atoms with van der Waals surface area (Å²) in [5.41, 5.74) is 1.76. The summed E-state index contributed by atoms with van der Waals surface area (Å²) >= 11 is 0. The standard InChI is InChI=1S/C16H17F2NO/c17-15-7-6-13(9-16(15)18)10-19-14(11-20)8-12-4-2-1-3-5-12/h1-7,9,14,19-20H,8,10-11H2. The van der Waals surface area contributed by atoms with Gasteiger partial charge in [-0.2, -0.15) is 0 Å². The lowest BCUT2D eigenvalue weighted by Crippen LogP contribution is -2.34. The number of nitrogens with one attached hydrogen (secondary N) is 1. The highest BCUT2D eigenvalue weighted by Gasteiger charge is 2.09. The summed E-state index contributed by atoms with van der Waals surface area (Å²) in [6.07, 6.45) is 0.682. The highest BCUT2D eigenvalue weighted by atomic mass is 19.2. The molecule has 0 fully saturated rings. The first kappa shape index (κ1) is 14.6. The molecule has 1 atom stereocenters. The average molecular weight is 277 g/mol. The molecule has 106 valence electrons. The summed E-state index contributed by atoms with van der Waals surface area (Å²) in [5, 5.41) is 12.5. The first-order valence-electron chi connectivity index (χ1n) is 6.51. The van der Waals surface area contributed by atoms with Crippen LogP contribution in [0.3, 0.4) is 0 Å². The molecule has 4 heteroatoms. The van der Waals surface area contributed by atoms with Gasteiger partial charge in [-0.1, -0.05) is 36.4 Å². The Hall–Kier alpha value is -1.78. The quantitative estimate of drug-likeness (QED) is 0.851. The number of hydrogen-bond donors (Lipinski definition) is 2. The van der Waals surface area contributed by atoms with Crippen LogP contribution >= 0.6 is 0 Å². The van der Waals surface area contributed by atoms with Gasteiger partial charge in [-0.15, -0.1) is 0 Å². The van der Waals surface area contributed by atoms with Crippen LogP contribution in [0.25, 0.3) is 0 Å². The lowest BCUT2D eigenvalue weighted by Gasteiger charge is -2.16. The molecule has 0 aliphatic heterocycles. The summed E-state index contributed by atoms with van der Waals surface area (Å²) in [7, 11) is 0. The average Bonchev–Trinajstić information content (AvgIpc) is 2.48. The van der Waals surface area contributed by atoms with E-state index in [1.807, 2.05) is 30.3 Å². The Morgan fingerprint density at radius 3 is 2.35 bits per heavy atom. The Kier molecular flexibility index (Phi) is 5.21. The second kappa shape index (κ2) is 7.12. The van der Waals surface area contributed by atoms with Gasteiger partial charge in [0.05, 0.1) is 6.61 Å². The van der Waals surface area contributed by atoms with E-state index in [9.17, 15) is 13.9 Å². The van der Waals surface area contributed by atoms with Crippen LogP contribution in [0.1, 0.15) is 11.1 Å². The molecule has 0 saturated heterocycles. The zero-order chi connectivity index (χ0) is 14.4. The van der Waals surface area contributed by atoms with Crippen LogP contribution in [0, 0.1) is 11.6 Å². The van der Waals surface area contributed by atoms with Crippen molar-refractivity contribution in [2.45, 2.75) is 19.0 Å². The molecule has 2 nitrogen and oxygen atoms in total. The Morgan fingerprint density at radius 2 is 1.70 bits per heavy atom. The van der Waals surface area contributed by atoms with E-state index in [1.54, 1.807) is 0 Å². The monoisotopic (exact) mass is 277 g/mol. The maximum atomic E-state index is 13.1. The lowest BCUT2D eigenvalue weighted by atomic mass is 10.1. The second-order valence-electron chi connectivity index (χ2n) is 4.70. The molecular formula is C16H17F2NO. The minimum atomic E-state index is -0.854. The van der Waals surface area contributed by atoms with Crippen molar-refractivity contribution in [1.29, 1.82) is 0 Å². The third-order valence-corrected chi connectivity index (χ3v) is 3.12. The van der Waals surface area contributed by atoms with E-state index in [2.05, 4.69) is 5.32 Å². The van der Waals surface area contributed by atoms with Gasteiger partial charge in [-0.3, -0.25) is 0 Å². The van der Waals surface area contributed by atoms with E-state index < -0.39 is 11.6 Å². The zero-order valence-corrected chi connectivity index (χ0v) is 11.0. The summed E-state index contributed by atoms with van der Waals surface area (Å²) in [4.78, 5) is 0. The fourth-order valence-electron chi connectivity index (χ4n) is 2.01. The Balaban J connectivity index is 1.92. The predicted octanol–water partition coefficient (Wildman–Crippen LogP) is 2.66. The largest absolute Gasteiger partial charge is 0.395 e. The number of benzene rings is 2. The van der Waals surface area contributed by atoms with Crippen LogP contribution in [0.4, 0.5) is 8.78 Å². The first-order valence-corrected chi connectivity index (χ1v) is 6.51. The molecule has 2 N–H and O–H groups in total. The van der Waals surface area contributed by atoms with Crippen molar-refractivity contribution in [3.63, 3.8) is 0 Å². The normalized spacial score (nSPS) is 12.3. The van der Waals surface area contributed by atoms with E-state index in [0.717, 1.165) is 11.6 Å². The third-order valence-electron chi connectivity index (χ3n) is 3.12. The molecule has 0 bridgehead atoms. The number of halogens is 2. The van der Waals surface area contributed by atoms with Crippen LogP contribution in [-0.4, -0.2) is 17.8 Å². The summed E-state index contributed by atoms with van der Waals surface area (Å²) in [5.74, 6) is -1.70. The zero-order valence-electron chi connectivity index (χ0n) is 11.0. The summed E-state index contributed by atoms with van der Waals surface area (Å²) in [6.45, 7) is 0.369. The van der Waals surface area contributed by atoms with E-state index in [-0.39, 0.29) is 12.6 Å². The molecule has 0 aromatic heterocycles. The molecule has 1 unspecified atom stereocenters. The van der Waals surface area contributed by atoms with Crippen molar-refractivity contribution in [3.05, 3.63) is 71.3 Å². The molecule has 2 aromatic rings. The van der Waals surface area contributed by atoms with E-state index >= 15 is 0 Å². The van der Waals surface area contributed by atoms with Crippen molar-refractivity contribution in [1.82, 2.24) is 5.32 Å². The molecular weight excluding hydrogens is 260 g/mol. The summed E-state index contributed by atoms with van der Waals surface area (Å²) in [6, 6.07) is 13.5. The van der Waals surface area contributed by atoms with Crippen LogP contribution in [0.15, 0.2) is 48.5 Å². The van der Waals surface area contributed by atoms with Gasteiger partial charge in [-0.05, 0) is 29.7 Å². The van der Waals surface area contributed by atoms with Crippen LogP contribution in [0.2, 0.25) is 0 Å². The smallest absolute Gasteiger partial charge is 0.159 e. The number of aliphatic hydroxyl groups excluding tert-OH is 1. The van der Waals surface area contributed by atoms with Crippen molar-refractivity contribution >= 4 is 0 Å². The highest BCUT2D eigenvalue weighted by Crippen LogP contribution is 2.09. The minimum Gasteiger partial charge on any atom is -0.395 e. The molecule has 0 heterocycles. The van der Waals surface area contributed by atoms with E-state index in [0.29, 0.717) is 18.5 Å².